The molecule has 3 aromatic rings. The van der Waals surface area contributed by atoms with Crippen molar-refractivity contribution in [3.05, 3.63) is 88.5 Å². The third-order valence-electron chi connectivity index (χ3n) is 5.88. The molecule has 0 radical (unpaired) electrons. The SMILES string of the molecule is Cc1cc(C(=O)COC(=O)c2ccc(N3C(=O)CCC3=O)cc2)c(C)n1Cc1ccc(F)cc1. The normalized spacial score (nSPS) is 13.4. The molecule has 34 heavy (non-hydrogen) atoms. The number of carbonyl (C=O) groups excluding carboxylic acids is 4. The molecule has 2 heterocycles. The Morgan fingerprint density at radius 3 is 2.18 bits per heavy atom. The summed E-state index contributed by atoms with van der Waals surface area (Å²) in [5, 5.41) is 0. The van der Waals surface area contributed by atoms with Crippen molar-refractivity contribution in [3.8, 4) is 0 Å². The highest BCUT2D eigenvalue weighted by molar-refractivity contribution is 6.19. The van der Waals surface area contributed by atoms with Crippen LogP contribution in [0.3, 0.4) is 0 Å². The Hall–Kier alpha value is -4.07. The van der Waals surface area contributed by atoms with Gasteiger partial charge in [-0.15, -0.1) is 0 Å². The minimum Gasteiger partial charge on any atom is -0.454 e. The number of benzene rings is 2. The first-order chi connectivity index (χ1) is 16.2. The third kappa shape index (κ3) is 4.66. The Kier molecular flexibility index (Phi) is 6.40. The molecule has 0 saturated carbocycles. The molecule has 7 nitrogen and oxygen atoms in total. The van der Waals surface area contributed by atoms with Gasteiger partial charge in [0.1, 0.15) is 5.82 Å². The Bertz CT molecular complexity index is 1260. The number of nitrogens with zero attached hydrogens (tertiary/aromatic N) is 2. The number of amides is 2. The van der Waals surface area contributed by atoms with Gasteiger partial charge in [0.15, 0.2) is 6.61 Å². The molecular weight excluding hydrogens is 439 g/mol. The van der Waals surface area contributed by atoms with Crippen LogP contribution in [0.25, 0.3) is 0 Å². The van der Waals surface area contributed by atoms with Crippen molar-refractivity contribution in [1.82, 2.24) is 4.57 Å². The van der Waals surface area contributed by atoms with Crippen molar-refractivity contribution in [1.29, 1.82) is 0 Å². The molecule has 1 aliphatic heterocycles. The van der Waals surface area contributed by atoms with Crippen LogP contribution in [-0.4, -0.2) is 34.7 Å². The number of carbonyl (C=O) groups is 4. The fraction of sp³-hybridized carbons (Fsp3) is 0.231. The topological polar surface area (TPSA) is 85.7 Å². The molecule has 0 bridgehead atoms. The van der Waals surface area contributed by atoms with Crippen molar-refractivity contribution in [2.75, 3.05) is 11.5 Å². The second-order valence-corrected chi connectivity index (χ2v) is 8.17. The molecule has 4 rings (SSSR count). The van der Waals surface area contributed by atoms with Crippen LogP contribution < -0.4 is 4.90 Å². The molecule has 1 aliphatic rings. The van der Waals surface area contributed by atoms with E-state index in [0.29, 0.717) is 17.8 Å². The molecule has 0 spiro atoms. The first-order valence-electron chi connectivity index (χ1n) is 10.8. The second kappa shape index (κ2) is 9.43. The number of hydrogen-bond acceptors (Lipinski definition) is 5. The lowest BCUT2D eigenvalue weighted by molar-refractivity contribution is -0.121. The van der Waals surface area contributed by atoms with Gasteiger partial charge in [-0.2, -0.15) is 0 Å². The summed E-state index contributed by atoms with van der Waals surface area (Å²) < 4.78 is 20.3. The van der Waals surface area contributed by atoms with E-state index in [2.05, 4.69) is 0 Å². The van der Waals surface area contributed by atoms with E-state index in [4.69, 9.17) is 4.74 Å². The number of esters is 1. The Morgan fingerprint density at radius 1 is 0.941 bits per heavy atom. The smallest absolute Gasteiger partial charge is 0.338 e. The van der Waals surface area contributed by atoms with Crippen LogP contribution in [0, 0.1) is 19.7 Å². The summed E-state index contributed by atoms with van der Waals surface area (Å²) in [6.07, 6.45) is 0.352. The van der Waals surface area contributed by atoms with Gasteiger partial charge < -0.3 is 9.30 Å². The first kappa shape index (κ1) is 23.1. The fourth-order valence-corrected chi connectivity index (χ4v) is 4.00. The molecule has 0 N–H and O–H groups in total. The van der Waals surface area contributed by atoms with Gasteiger partial charge in [-0.25, -0.2) is 9.18 Å². The fourth-order valence-electron chi connectivity index (χ4n) is 4.00. The van der Waals surface area contributed by atoms with Crippen molar-refractivity contribution in [2.24, 2.45) is 0 Å². The van der Waals surface area contributed by atoms with Crippen LogP contribution in [0.5, 0.6) is 0 Å². The average molecular weight is 462 g/mol. The quantitative estimate of drug-likeness (QED) is 0.301. The summed E-state index contributed by atoms with van der Waals surface area (Å²) in [5.41, 5.74) is 3.54. The second-order valence-electron chi connectivity index (χ2n) is 8.17. The summed E-state index contributed by atoms with van der Waals surface area (Å²) in [6, 6.07) is 13.8. The zero-order valence-corrected chi connectivity index (χ0v) is 18.8. The summed E-state index contributed by atoms with van der Waals surface area (Å²) in [4.78, 5) is 49.9. The van der Waals surface area contributed by atoms with Crippen LogP contribution in [0.15, 0.2) is 54.6 Å². The molecular formula is C26H23FN2O5. The predicted octanol–water partition coefficient (Wildman–Crippen LogP) is 3.99. The zero-order chi connectivity index (χ0) is 24.4. The van der Waals surface area contributed by atoms with Gasteiger partial charge in [-0.1, -0.05) is 12.1 Å². The maximum Gasteiger partial charge on any atom is 0.338 e. The van der Waals surface area contributed by atoms with Gasteiger partial charge in [0, 0.05) is 36.3 Å². The van der Waals surface area contributed by atoms with Gasteiger partial charge in [-0.05, 0) is 61.9 Å². The largest absolute Gasteiger partial charge is 0.454 e. The molecule has 174 valence electrons. The van der Waals surface area contributed by atoms with E-state index in [0.717, 1.165) is 21.9 Å². The summed E-state index contributed by atoms with van der Waals surface area (Å²) in [6.45, 7) is 3.74. The number of hydrogen-bond donors (Lipinski definition) is 0. The lowest BCUT2D eigenvalue weighted by atomic mass is 10.1. The summed E-state index contributed by atoms with van der Waals surface area (Å²) in [7, 11) is 0. The summed E-state index contributed by atoms with van der Waals surface area (Å²) in [5.74, 6) is -1.88. The van der Waals surface area contributed by atoms with Crippen LogP contribution >= 0.6 is 0 Å². The molecule has 8 heteroatoms. The van der Waals surface area contributed by atoms with E-state index in [-0.39, 0.29) is 41.8 Å². The number of Topliss-reactive ketones (excluding diaryl/α,β-unsaturated/α-hetero) is 1. The van der Waals surface area contributed by atoms with E-state index in [1.54, 1.807) is 18.2 Å². The molecule has 0 atom stereocenters. The van der Waals surface area contributed by atoms with E-state index < -0.39 is 12.6 Å². The van der Waals surface area contributed by atoms with E-state index in [9.17, 15) is 23.6 Å². The zero-order valence-electron chi connectivity index (χ0n) is 18.8. The highest BCUT2D eigenvalue weighted by Gasteiger charge is 2.30. The Balaban J connectivity index is 1.39. The van der Waals surface area contributed by atoms with Crippen LogP contribution in [-0.2, 0) is 20.9 Å². The molecule has 2 aromatic carbocycles. The standard InChI is InChI=1S/C26H23FN2O5/c1-16-13-22(17(2)28(16)14-18-3-7-20(27)8-4-18)23(30)15-34-26(33)19-5-9-21(10-6-19)29-24(31)11-12-25(29)32/h3-10,13H,11-12,14-15H2,1-2H3. The molecule has 1 fully saturated rings. The maximum atomic E-state index is 13.2. The number of ether oxygens (including phenoxy) is 1. The number of anilines is 1. The number of ketones is 1. The van der Waals surface area contributed by atoms with Gasteiger partial charge in [0.25, 0.3) is 0 Å². The highest BCUT2D eigenvalue weighted by Crippen LogP contribution is 2.23. The monoisotopic (exact) mass is 462 g/mol. The molecule has 2 amide bonds. The molecule has 1 saturated heterocycles. The average Bonchev–Trinajstić information content (AvgIpc) is 3.31. The Morgan fingerprint density at radius 2 is 1.56 bits per heavy atom. The van der Waals surface area contributed by atoms with Crippen LogP contribution in [0.1, 0.15) is 50.5 Å². The summed E-state index contributed by atoms with van der Waals surface area (Å²) >= 11 is 0. The van der Waals surface area contributed by atoms with Gasteiger partial charge in [0.05, 0.1) is 11.3 Å². The van der Waals surface area contributed by atoms with E-state index in [1.165, 1.54) is 36.4 Å². The predicted molar refractivity (Wildman–Crippen MR) is 122 cm³/mol. The molecule has 0 unspecified atom stereocenters. The molecule has 0 aliphatic carbocycles. The molecule has 1 aromatic heterocycles. The Labute approximate surface area is 195 Å². The minimum absolute atomic E-state index is 0.176. The number of aromatic nitrogens is 1. The maximum absolute atomic E-state index is 13.2. The van der Waals surface area contributed by atoms with E-state index >= 15 is 0 Å². The van der Waals surface area contributed by atoms with Crippen molar-refractivity contribution >= 4 is 29.3 Å². The van der Waals surface area contributed by atoms with Gasteiger partial charge in [-0.3, -0.25) is 19.3 Å². The van der Waals surface area contributed by atoms with Crippen LogP contribution in [0.2, 0.25) is 0 Å². The van der Waals surface area contributed by atoms with Crippen molar-refractivity contribution < 1.29 is 28.3 Å². The minimum atomic E-state index is -0.681. The van der Waals surface area contributed by atoms with Gasteiger partial charge in [0.2, 0.25) is 17.6 Å². The van der Waals surface area contributed by atoms with Crippen molar-refractivity contribution in [2.45, 2.75) is 33.2 Å². The lowest BCUT2D eigenvalue weighted by Gasteiger charge is -2.14. The van der Waals surface area contributed by atoms with Crippen molar-refractivity contribution in [3.63, 3.8) is 0 Å². The lowest BCUT2D eigenvalue weighted by Crippen LogP contribution is -2.28. The van der Waals surface area contributed by atoms with E-state index in [1.807, 2.05) is 18.4 Å². The third-order valence-corrected chi connectivity index (χ3v) is 5.88. The van der Waals surface area contributed by atoms with Crippen LogP contribution in [0.4, 0.5) is 10.1 Å². The number of aryl methyl sites for hydroxylation is 1. The van der Waals surface area contributed by atoms with Gasteiger partial charge >= 0.3 is 5.97 Å². The number of rotatable bonds is 7. The number of imide groups is 1. The number of halogens is 1. The highest BCUT2D eigenvalue weighted by atomic mass is 19.1. The first-order valence-corrected chi connectivity index (χ1v) is 10.8.